The van der Waals surface area contributed by atoms with Crippen molar-refractivity contribution in [2.75, 3.05) is 32.7 Å². The maximum atomic E-state index is 12.9. The van der Waals surface area contributed by atoms with Crippen molar-refractivity contribution in [3.8, 4) is 0 Å². The van der Waals surface area contributed by atoms with Crippen LogP contribution in [-0.4, -0.2) is 52.7 Å². The lowest BCUT2D eigenvalue weighted by atomic mass is 10.2. The van der Waals surface area contributed by atoms with Gasteiger partial charge in [0.25, 0.3) is 0 Å². The second-order valence-corrected chi connectivity index (χ2v) is 7.09. The van der Waals surface area contributed by atoms with Crippen LogP contribution in [0.2, 0.25) is 0 Å². The van der Waals surface area contributed by atoms with E-state index in [1.165, 1.54) is 12.1 Å². The highest BCUT2D eigenvalue weighted by Crippen LogP contribution is 2.03. The van der Waals surface area contributed by atoms with E-state index in [4.69, 9.17) is 54.6 Å². The van der Waals surface area contributed by atoms with E-state index >= 15 is 0 Å². The van der Waals surface area contributed by atoms with Gasteiger partial charge in [-0.25, -0.2) is 4.39 Å². The Kier molecular flexibility index (Phi) is 11.3. The second kappa shape index (κ2) is 12.9. The Morgan fingerprint density at radius 2 is 1.35 bits per heavy atom. The van der Waals surface area contributed by atoms with Crippen LogP contribution in [0.5, 0.6) is 0 Å². The monoisotopic (exact) mass is 431 g/mol. The Hall–Kier alpha value is -1.33. The van der Waals surface area contributed by atoms with Gasteiger partial charge in [0, 0.05) is 25.1 Å². The number of benzene rings is 1. The summed E-state index contributed by atoms with van der Waals surface area (Å²) in [4.78, 5) is 2.50. The second-order valence-electron chi connectivity index (χ2n) is 5.20. The molecule has 0 spiro atoms. The van der Waals surface area contributed by atoms with Crippen molar-refractivity contribution in [2.24, 2.45) is 5.73 Å². The van der Waals surface area contributed by atoms with Gasteiger partial charge in [-0.05, 0) is 30.8 Å². The van der Waals surface area contributed by atoms with Gasteiger partial charge in [0.05, 0.1) is 28.1 Å². The summed E-state index contributed by atoms with van der Waals surface area (Å²) in [5, 5.41) is 12.3. The SMILES string of the molecule is NCCC(=S)NCCNC(=S)CNC(=S)CNC(=S)c1ccc(F)cc1. The first-order chi connectivity index (χ1) is 12.4. The van der Waals surface area contributed by atoms with Gasteiger partial charge >= 0.3 is 0 Å². The first-order valence-electron chi connectivity index (χ1n) is 7.96. The summed E-state index contributed by atoms with van der Waals surface area (Å²) in [7, 11) is 0. The molecule has 1 aromatic carbocycles. The molecule has 0 aliphatic rings. The van der Waals surface area contributed by atoms with Gasteiger partial charge < -0.3 is 27.0 Å². The average molecular weight is 432 g/mol. The Morgan fingerprint density at radius 1 is 0.808 bits per heavy atom. The predicted octanol–water partition coefficient (Wildman–Crippen LogP) is 1.19. The molecule has 0 bridgehead atoms. The van der Waals surface area contributed by atoms with Crippen LogP contribution in [0.25, 0.3) is 0 Å². The standard InChI is InChI=1S/C16H22FN5S4/c17-12-3-1-11(2-4-12)16(26)22-10-15(25)21-9-14(24)20-8-7-19-13(23)5-6-18/h1-4H,5-10,18H2,(H,19,23)(H,20,24)(H,21,25)(H,22,26). The molecule has 6 N–H and O–H groups in total. The topological polar surface area (TPSA) is 74.1 Å². The largest absolute Gasteiger partial charge is 0.378 e. The van der Waals surface area contributed by atoms with Gasteiger partial charge in [-0.1, -0.05) is 48.9 Å². The van der Waals surface area contributed by atoms with E-state index in [0.29, 0.717) is 54.1 Å². The molecule has 0 aliphatic carbocycles. The third-order valence-corrected chi connectivity index (χ3v) is 4.41. The molecular formula is C16H22FN5S4. The van der Waals surface area contributed by atoms with Crippen LogP contribution in [0.15, 0.2) is 24.3 Å². The smallest absolute Gasteiger partial charge is 0.123 e. The Labute approximate surface area is 174 Å². The molecule has 1 aromatic rings. The van der Waals surface area contributed by atoms with Crippen molar-refractivity contribution in [1.82, 2.24) is 21.3 Å². The molecule has 0 fully saturated rings. The zero-order valence-electron chi connectivity index (χ0n) is 14.1. The highest BCUT2D eigenvalue weighted by Gasteiger charge is 2.04. The third kappa shape index (κ3) is 9.97. The number of rotatable bonds is 10. The van der Waals surface area contributed by atoms with Crippen LogP contribution < -0.4 is 27.0 Å². The maximum Gasteiger partial charge on any atom is 0.123 e. The van der Waals surface area contributed by atoms with E-state index in [1.807, 2.05) is 0 Å². The number of thiocarbonyl (C=S) groups is 4. The van der Waals surface area contributed by atoms with Crippen molar-refractivity contribution in [3.63, 3.8) is 0 Å². The van der Waals surface area contributed by atoms with Gasteiger partial charge in [0.1, 0.15) is 10.8 Å². The minimum absolute atomic E-state index is 0.300. The molecule has 0 atom stereocenters. The number of nitrogens with one attached hydrogen (secondary N) is 4. The quantitative estimate of drug-likeness (QED) is 0.277. The van der Waals surface area contributed by atoms with E-state index in [9.17, 15) is 4.39 Å². The van der Waals surface area contributed by atoms with Gasteiger partial charge in [0.2, 0.25) is 0 Å². The molecule has 0 unspecified atom stereocenters. The fraction of sp³-hybridized carbons (Fsp3) is 0.375. The molecule has 0 saturated heterocycles. The van der Waals surface area contributed by atoms with Gasteiger partial charge in [-0.15, -0.1) is 0 Å². The summed E-state index contributed by atoms with van der Waals surface area (Å²) in [5.74, 6) is -0.300. The fourth-order valence-electron chi connectivity index (χ4n) is 1.79. The van der Waals surface area contributed by atoms with Crippen LogP contribution in [0, 0.1) is 5.82 Å². The number of halogens is 1. The van der Waals surface area contributed by atoms with Crippen molar-refractivity contribution in [1.29, 1.82) is 0 Å². The number of hydrogen-bond donors (Lipinski definition) is 5. The Morgan fingerprint density at radius 3 is 1.96 bits per heavy atom. The first kappa shape index (κ1) is 22.7. The molecule has 142 valence electrons. The minimum Gasteiger partial charge on any atom is -0.378 e. The Balaban J connectivity index is 2.15. The zero-order chi connectivity index (χ0) is 19.4. The molecule has 1 rings (SSSR count). The molecule has 0 aromatic heterocycles. The lowest BCUT2D eigenvalue weighted by Gasteiger charge is -2.13. The lowest BCUT2D eigenvalue weighted by Crippen LogP contribution is -2.42. The lowest BCUT2D eigenvalue weighted by molar-refractivity contribution is 0.628. The van der Waals surface area contributed by atoms with E-state index in [1.54, 1.807) is 12.1 Å². The normalized spacial score (nSPS) is 9.92. The Bertz CT molecular complexity index is 636. The molecule has 0 amide bonds. The maximum absolute atomic E-state index is 12.9. The predicted molar refractivity (Wildman–Crippen MR) is 122 cm³/mol. The molecule has 10 heteroatoms. The third-order valence-electron chi connectivity index (χ3n) is 3.10. The van der Waals surface area contributed by atoms with Gasteiger partial charge in [-0.3, -0.25) is 0 Å². The number of hydrogen-bond acceptors (Lipinski definition) is 5. The summed E-state index contributed by atoms with van der Waals surface area (Å²) in [6, 6.07) is 5.96. The van der Waals surface area contributed by atoms with Crippen LogP contribution in [0.1, 0.15) is 12.0 Å². The summed E-state index contributed by atoms with van der Waals surface area (Å²) in [5.41, 5.74) is 6.16. The van der Waals surface area contributed by atoms with E-state index in [2.05, 4.69) is 21.3 Å². The van der Waals surface area contributed by atoms with E-state index in [0.717, 1.165) is 10.6 Å². The highest BCUT2D eigenvalue weighted by atomic mass is 32.1. The molecule has 0 radical (unpaired) electrons. The van der Waals surface area contributed by atoms with Crippen LogP contribution in [0.3, 0.4) is 0 Å². The average Bonchev–Trinajstić information content (AvgIpc) is 2.62. The van der Waals surface area contributed by atoms with Crippen molar-refractivity contribution < 1.29 is 4.39 Å². The molecule has 5 nitrogen and oxygen atoms in total. The number of nitrogens with two attached hydrogens (primary N) is 1. The van der Waals surface area contributed by atoms with Crippen LogP contribution in [0.4, 0.5) is 4.39 Å². The van der Waals surface area contributed by atoms with E-state index < -0.39 is 0 Å². The highest BCUT2D eigenvalue weighted by molar-refractivity contribution is 7.81. The minimum atomic E-state index is -0.300. The van der Waals surface area contributed by atoms with Crippen molar-refractivity contribution in [2.45, 2.75) is 6.42 Å². The molecule has 0 saturated carbocycles. The molecule has 0 aliphatic heterocycles. The fourth-order valence-corrected chi connectivity index (χ4v) is 2.54. The summed E-state index contributed by atoms with van der Waals surface area (Å²) >= 11 is 20.8. The molecule has 0 heterocycles. The zero-order valence-corrected chi connectivity index (χ0v) is 17.4. The molecule has 26 heavy (non-hydrogen) atoms. The van der Waals surface area contributed by atoms with Crippen molar-refractivity contribution >= 4 is 68.8 Å². The van der Waals surface area contributed by atoms with E-state index in [-0.39, 0.29) is 5.82 Å². The summed E-state index contributed by atoms with van der Waals surface area (Å²) < 4.78 is 12.9. The van der Waals surface area contributed by atoms with Crippen LogP contribution in [-0.2, 0) is 0 Å². The van der Waals surface area contributed by atoms with Gasteiger partial charge in [0.15, 0.2) is 0 Å². The first-order valence-corrected chi connectivity index (χ1v) is 9.59. The summed E-state index contributed by atoms with van der Waals surface area (Å²) in [6.07, 6.45) is 0.683. The van der Waals surface area contributed by atoms with Crippen molar-refractivity contribution in [3.05, 3.63) is 35.6 Å². The van der Waals surface area contributed by atoms with Gasteiger partial charge in [-0.2, -0.15) is 0 Å². The summed E-state index contributed by atoms with van der Waals surface area (Å²) in [6.45, 7) is 2.69. The van der Waals surface area contributed by atoms with Crippen LogP contribution >= 0.6 is 48.9 Å². The molecular weight excluding hydrogens is 409 g/mol.